The molecule has 4 nitrogen and oxygen atoms in total. The molecule has 1 unspecified atom stereocenters. The van der Waals surface area contributed by atoms with Crippen LogP contribution in [-0.2, 0) is 9.53 Å². The van der Waals surface area contributed by atoms with E-state index in [1.165, 1.54) is 19.3 Å². The number of ether oxygens (including phenoxy) is 1. The minimum absolute atomic E-state index is 0.0749. The number of nitrogens with two attached hydrogens (primary N) is 1. The second-order valence-electron chi connectivity index (χ2n) is 4.22. The smallest absolute Gasteiger partial charge is 0.323 e. The Morgan fingerprint density at radius 3 is 2.56 bits per heavy atom. The van der Waals surface area contributed by atoms with Crippen LogP contribution < -0.4 is 5.73 Å². The van der Waals surface area contributed by atoms with Gasteiger partial charge in [-0.1, -0.05) is 26.2 Å². The molecule has 0 fully saturated rings. The number of aliphatic hydroxyl groups is 1. The molecule has 96 valence electrons. The highest BCUT2D eigenvalue weighted by Crippen LogP contribution is 2.08. The van der Waals surface area contributed by atoms with E-state index in [-0.39, 0.29) is 19.1 Å². The molecule has 0 spiro atoms. The Hall–Kier alpha value is -0.610. The minimum atomic E-state index is -0.692. The quantitative estimate of drug-likeness (QED) is 0.467. The van der Waals surface area contributed by atoms with Crippen molar-refractivity contribution in [2.75, 3.05) is 6.61 Å². The first kappa shape index (κ1) is 15.4. The molecule has 0 saturated heterocycles. The van der Waals surface area contributed by atoms with Crippen LogP contribution in [0.1, 0.15) is 52.4 Å². The average Bonchev–Trinajstić information content (AvgIpc) is 2.24. The lowest BCUT2D eigenvalue weighted by molar-refractivity contribution is -0.150. The van der Waals surface area contributed by atoms with E-state index < -0.39 is 12.0 Å². The summed E-state index contributed by atoms with van der Waals surface area (Å²) in [6.45, 7) is 3.97. The number of hydrogen-bond donors (Lipinski definition) is 2. The average molecular weight is 231 g/mol. The van der Waals surface area contributed by atoms with E-state index in [1.54, 1.807) is 0 Å². The van der Waals surface area contributed by atoms with Gasteiger partial charge in [-0.2, -0.15) is 0 Å². The normalized spacial score (nSPS) is 14.5. The van der Waals surface area contributed by atoms with Gasteiger partial charge in [-0.3, -0.25) is 4.79 Å². The minimum Gasteiger partial charge on any atom is -0.462 e. The number of carbonyl (C=O) groups excluding carboxylic acids is 1. The van der Waals surface area contributed by atoms with E-state index >= 15 is 0 Å². The molecule has 0 amide bonds. The second kappa shape index (κ2) is 9.60. The van der Waals surface area contributed by atoms with Gasteiger partial charge in [0, 0.05) is 6.61 Å². The zero-order chi connectivity index (χ0) is 12.4. The molecule has 0 aromatic rings. The molecule has 4 heteroatoms. The summed E-state index contributed by atoms with van der Waals surface area (Å²) in [5, 5.41) is 8.63. The second-order valence-corrected chi connectivity index (χ2v) is 4.22. The molecule has 3 N–H and O–H groups in total. The van der Waals surface area contributed by atoms with Gasteiger partial charge in [0.2, 0.25) is 0 Å². The lowest BCUT2D eigenvalue weighted by Crippen LogP contribution is -2.35. The zero-order valence-electron chi connectivity index (χ0n) is 10.4. The van der Waals surface area contributed by atoms with Gasteiger partial charge < -0.3 is 15.6 Å². The number of unbranched alkanes of at least 4 members (excludes halogenated alkanes) is 3. The van der Waals surface area contributed by atoms with Gasteiger partial charge >= 0.3 is 5.97 Å². The summed E-state index contributed by atoms with van der Waals surface area (Å²) in [6.07, 6.45) is 5.77. The standard InChI is InChI=1S/C12H25NO3/c1-3-4-5-6-7-10(2)16-12(15)11(13)8-9-14/h10-11,14H,3-9,13H2,1-2H3/t10?,11-/m0/s1. The lowest BCUT2D eigenvalue weighted by Gasteiger charge is -2.16. The molecule has 0 radical (unpaired) electrons. The number of hydrogen-bond acceptors (Lipinski definition) is 4. The van der Waals surface area contributed by atoms with E-state index in [0.29, 0.717) is 0 Å². The Morgan fingerprint density at radius 2 is 2.00 bits per heavy atom. The van der Waals surface area contributed by atoms with Gasteiger partial charge in [-0.25, -0.2) is 0 Å². The molecule has 0 bridgehead atoms. The van der Waals surface area contributed by atoms with Crippen molar-refractivity contribution < 1.29 is 14.6 Å². The van der Waals surface area contributed by atoms with Crippen LogP contribution >= 0.6 is 0 Å². The van der Waals surface area contributed by atoms with Gasteiger partial charge in [0.05, 0.1) is 6.10 Å². The van der Waals surface area contributed by atoms with Crippen LogP contribution in [0, 0.1) is 0 Å². The molecule has 2 atom stereocenters. The van der Waals surface area contributed by atoms with Gasteiger partial charge in [0.25, 0.3) is 0 Å². The Balaban J connectivity index is 3.61. The first-order chi connectivity index (χ1) is 7.61. The molecule has 0 aromatic carbocycles. The Labute approximate surface area is 98.2 Å². The third-order valence-corrected chi connectivity index (χ3v) is 2.52. The van der Waals surface area contributed by atoms with Crippen molar-refractivity contribution >= 4 is 5.97 Å². The summed E-state index contributed by atoms with van der Waals surface area (Å²) >= 11 is 0. The van der Waals surface area contributed by atoms with Crippen molar-refractivity contribution in [3.8, 4) is 0 Å². The summed E-state index contributed by atoms with van der Waals surface area (Å²) < 4.78 is 5.17. The SMILES string of the molecule is CCCCCCC(C)OC(=O)[C@@H](N)CCO. The number of aliphatic hydroxyl groups excluding tert-OH is 1. The topological polar surface area (TPSA) is 72.5 Å². The van der Waals surface area contributed by atoms with Crippen molar-refractivity contribution in [3.63, 3.8) is 0 Å². The van der Waals surface area contributed by atoms with E-state index in [1.807, 2.05) is 6.92 Å². The fourth-order valence-electron chi connectivity index (χ4n) is 1.46. The summed E-state index contributed by atoms with van der Waals surface area (Å²) in [5.74, 6) is -0.406. The highest BCUT2D eigenvalue weighted by atomic mass is 16.5. The zero-order valence-corrected chi connectivity index (χ0v) is 10.4. The highest BCUT2D eigenvalue weighted by Gasteiger charge is 2.16. The largest absolute Gasteiger partial charge is 0.462 e. The maximum atomic E-state index is 11.4. The summed E-state index contributed by atoms with van der Waals surface area (Å²) in [5.41, 5.74) is 5.52. The van der Waals surface area contributed by atoms with Crippen molar-refractivity contribution in [2.45, 2.75) is 64.5 Å². The summed E-state index contributed by atoms with van der Waals surface area (Å²) in [4.78, 5) is 11.4. The van der Waals surface area contributed by atoms with Gasteiger partial charge in [-0.05, 0) is 26.2 Å². The predicted molar refractivity (Wildman–Crippen MR) is 64.0 cm³/mol. The Bertz CT molecular complexity index is 185. The van der Waals surface area contributed by atoms with Crippen molar-refractivity contribution in [1.29, 1.82) is 0 Å². The highest BCUT2D eigenvalue weighted by molar-refractivity contribution is 5.75. The van der Waals surface area contributed by atoms with Gasteiger partial charge in [-0.15, -0.1) is 0 Å². The predicted octanol–water partition coefficient (Wildman–Crippen LogP) is 1.60. The fraction of sp³-hybridized carbons (Fsp3) is 0.917. The lowest BCUT2D eigenvalue weighted by atomic mass is 10.1. The van der Waals surface area contributed by atoms with Crippen LogP contribution in [0.4, 0.5) is 0 Å². The first-order valence-electron chi connectivity index (χ1n) is 6.18. The van der Waals surface area contributed by atoms with Crippen molar-refractivity contribution in [3.05, 3.63) is 0 Å². The molecule has 16 heavy (non-hydrogen) atoms. The van der Waals surface area contributed by atoms with Gasteiger partial charge in [0.15, 0.2) is 0 Å². The molecule has 0 heterocycles. The van der Waals surface area contributed by atoms with Crippen LogP contribution in [-0.4, -0.2) is 29.8 Å². The van der Waals surface area contributed by atoms with E-state index in [9.17, 15) is 4.79 Å². The fourth-order valence-corrected chi connectivity index (χ4v) is 1.46. The molecule has 0 rings (SSSR count). The van der Waals surface area contributed by atoms with Crippen LogP contribution in [0.5, 0.6) is 0 Å². The number of rotatable bonds is 9. The van der Waals surface area contributed by atoms with E-state index in [4.69, 9.17) is 15.6 Å². The molecular weight excluding hydrogens is 206 g/mol. The molecule has 0 aliphatic rings. The van der Waals surface area contributed by atoms with Crippen LogP contribution in [0.3, 0.4) is 0 Å². The number of esters is 1. The van der Waals surface area contributed by atoms with Crippen LogP contribution in [0.15, 0.2) is 0 Å². The monoisotopic (exact) mass is 231 g/mol. The Morgan fingerprint density at radius 1 is 1.31 bits per heavy atom. The maximum Gasteiger partial charge on any atom is 0.323 e. The summed E-state index contributed by atoms with van der Waals surface area (Å²) in [7, 11) is 0. The third kappa shape index (κ3) is 7.65. The molecule has 0 aromatic heterocycles. The Kier molecular flexibility index (Phi) is 9.24. The molecule has 0 aliphatic carbocycles. The third-order valence-electron chi connectivity index (χ3n) is 2.52. The molecule has 0 aliphatic heterocycles. The van der Waals surface area contributed by atoms with Crippen molar-refractivity contribution in [1.82, 2.24) is 0 Å². The van der Waals surface area contributed by atoms with E-state index in [0.717, 1.165) is 12.8 Å². The van der Waals surface area contributed by atoms with E-state index in [2.05, 4.69) is 6.92 Å². The van der Waals surface area contributed by atoms with Crippen LogP contribution in [0.25, 0.3) is 0 Å². The molecular formula is C12H25NO3. The maximum absolute atomic E-state index is 11.4. The first-order valence-corrected chi connectivity index (χ1v) is 6.18. The van der Waals surface area contributed by atoms with Gasteiger partial charge in [0.1, 0.15) is 6.04 Å². The van der Waals surface area contributed by atoms with Crippen molar-refractivity contribution in [2.24, 2.45) is 5.73 Å². The summed E-state index contributed by atoms with van der Waals surface area (Å²) in [6, 6.07) is -0.692. The van der Waals surface area contributed by atoms with Crippen LogP contribution in [0.2, 0.25) is 0 Å². The molecule has 0 saturated carbocycles. The number of carbonyl (C=O) groups is 1.